The highest BCUT2D eigenvalue weighted by Crippen LogP contribution is 2.45. The number of rotatable bonds is 22. The van der Waals surface area contributed by atoms with Crippen LogP contribution in [0.1, 0.15) is 70.7 Å². The Balaban J connectivity index is 0.842. The van der Waals surface area contributed by atoms with Crippen molar-refractivity contribution in [2.75, 3.05) is 39.5 Å². The van der Waals surface area contributed by atoms with E-state index in [-0.39, 0.29) is 25.1 Å². The van der Waals surface area contributed by atoms with Crippen LogP contribution in [0, 0.1) is 12.7 Å². The molecule has 0 saturated heterocycles. The largest absolute Gasteiger partial charge is 0.480 e. The summed E-state index contributed by atoms with van der Waals surface area (Å²) in [6.45, 7) is 0.0672. The number of aromatic nitrogens is 2. The Morgan fingerprint density at radius 1 is 0.870 bits per heavy atom. The molecule has 0 bridgehead atoms. The number of nitrogens with one attached hydrogen (secondary N) is 7. The summed E-state index contributed by atoms with van der Waals surface area (Å²) in [4.78, 5) is 146. The van der Waals surface area contributed by atoms with Gasteiger partial charge in [0.2, 0.25) is 35.4 Å². The van der Waals surface area contributed by atoms with Crippen LogP contribution in [-0.4, -0.2) is 144 Å². The van der Waals surface area contributed by atoms with Crippen LogP contribution < -0.4 is 42.8 Å². The van der Waals surface area contributed by atoms with Gasteiger partial charge >= 0.3 is 11.9 Å². The number of benzene rings is 2. The van der Waals surface area contributed by atoms with Crippen LogP contribution in [0.3, 0.4) is 0 Å². The maximum atomic E-state index is 15.4. The second-order valence-electron chi connectivity index (χ2n) is 18.7. The Hall–Kier alpha value is -8.65. The zero-order valence-electron chi connectivity index (χ0n) is 42.0. The van der Waals surface area contributed by atoms with Crippen LogP contribution in [0.4, 0.5) is 4.39 Å². The SMILES string of the molecule is BC(OCNC(=O)CNC(=O)[C@H](Cc1ccccc1)NC(=O)CNC(=O)CNC(=O)C(CNCC(=O)O)N1C(=O)C=CC1=O)C(=O)NC1CCc2c(C)c(F)cc3nc4c(c1c23)Cn1c-4cc2c(c1=O)COC(=O)[C@@H]2CC. The van der Waals surface area contributed by atoms with Gasteiger partial charge < -0.3 is 56.4 Å². The Labute approximate surface area is 438 Å². The number of aryl methyl sites for hydroxylation is 1. The fourth-order valence-electron chi connectivity index (χ4n) is 9.85. The number of imide groups is 1. The predicted octanol–water partition coefficient (Wildman–Crippen LogP) is -2.38. The fraction of sp³-hybridized carbons (Fsp3) is 0.373. The number of ether oxygens (including phenoxy) is 2. The van der Waals surface area contributed by atoms with Crippen molar-refractivity contribution in [2.24, 2.45) is 0 Å². The van der Waals surface area contributed by atoms with E-state index in [1.807, 2.05) is 6.92 Å². The molecule has 2 aromatic heterocycles. The monoisotopic (exact) mass is 1060 g/mol. The molecule has 24 nitrogen and oxygen atoms in total. The van der Waals surface area contributed by atoms with Gasteiger partial charge in [0.05, 0.1) is 67.2 Å². The molecule has 0 spiro atoms. The molecule has 5 heterocycles. The first-order valence-corrected chi connectivity index (χ1v) is 24.7. The fourth-order valence-corrected chi connectivity index (χ4v) is 9.85. The first-order chi connectivity index (χ1) is 36.8. The highest BCUT2D eigenvalue weighted by Gasteiger charge is 2.39. The number of carbonyl (C=O) groups is 10. The van der Waals surface area contributed by atoms with Gasteiger partial charge in [0, 0.05) is 42.1 Å². The Kier molecular flexibility index (Phi) is 16.7. The molecule has 5 atom stereocenters. The van der Waals surface area contributed by atoms with Gasteiger partial charge in [-0.25, -0.2) is 9.37 Å². The van der Waals surface area contributed by atoms with Gasteiger partial charge in [0.1, 0.15) is 37.2 Å². The van der Waals surface area contributed by atoms with Crippen molar-refractivity contribution in [2.45, 2.75) is 82.7 Å². The summed E-state index contributed by atoms with van der Waals surface area (Å²) < 4.78 is 28.0. The van der Waals surface area contributed by atoms with Crippen LogP contribution in [0.15, 0.2) is 59.4 Å². The molecule has 8 rings (SSSR count). The smallest absolute Gasteiger partial charge is 0.317 e. The van der Waals surface area contributed by atoms with Gasteiger partial charge in [-0.1, -0.05) is 37.3 Å². The van der Waals surface area contributed by atoms with Crippen LogP contribution in [0.25, 0.3) is 22.3 Å². The van der Waals surface area contributed by atoms with Crippen LogP contribution in [-0.2, 0) is 83.4 Å². The lowest BCUT2D eigenvalue weighted by Gasteiger charge is -2.30. The number of carbonyl (C=O) groups excluding carboxylic acids is 9. The summed E-state index contributed by atoms with van der Waals surface area (Å²) in [6, 6.07) is 7.25. The van der Waals surface area contributed by atoms with Crippen molar-refractivity contribution < 1.29 is 66.9 Å². The van der Waals surface area contributed by atoms with Gasteiger partial charge in [-0.3, -0.25) is 57.6 Å². The summed E-state index contributed by atoms with van der Waals surface area (Å²) in [7, 11) is 1.48. The van der Waals surface area contributed by atoms with Crippen molar-refractivity contribution in [3.63, 3.8) is 0 Å². The van der Waals surface area contributed by atoms with Gasteiger partial charge in [-0.15, -0.1) is 0 Å². The molecule has 402 valence electrons. The Morgan fingerprint density at radius 2 is 1.56 bits per heavy atom. The minimum Gasteiger partial charge on any atom is -0.480 e. The standard InChI is InChI=1S/C51H54BFN10O14/c1-3-26-28-14-35-45-29(21-62(35)50(74)30(28)22-76-51(26)75)44-32(10-9-27-24(2)31(53)15-33(60-45)43(27)44)61-49(73)46(52)77-23-58-38(65)18-56-47(71)34(13-25-7-5-4-6-8-25)59-39(66)19-55-37(64)17-57-48(72)36(16-54-20-42(69)70)63-40(67)11-12-41(63)68/h4-8,11-12,14-15,26,32,34,36,46,54H,3,9-10,13,16-23,52H2,1-2H3,(H,55,64)(H,56,71)(H,57,72)(H,58,65)(H,59,66)(H,61,73)(H,69,70)/t26-,32?,34+,36?,46?/m1/s1. The first kappa shape index (κ1) is 54.6. The second-order valence-corrected chi connectivity index (χ2v) is 18.7. The third kappa shape index (κ3) is 11.9. The maximum Gasteiger partial charge on any atom is 0.317 e. The van der Waals surface area contributed by atoms with E-state index in [1.54, 1.807) is 47.9 Å². The van der Waals surface area contributed by atoms with Crippen molar-refractivity contribution >= 4 is 77.9 Å². The summed E-state index contributed by atoms with van der Waals surface area (Å²) >= 11 is 0. The van der Waals surface area contributed by atoms with Gasteiger partial charge in [0.25, 0.3) is 17.4 Å². The molecule has 0 saturated carbocycles. The number of carboxylic acids is 1. The summed E-state index contributed by atoms with van der Waals surface area (Å²) in [5.74, 6) is -9.06. The number of cyclic esters (lactones) is 1. The zero-order chi connectivity index (χ0) is 55.2. The first-order valence-electron chi connectivity index (χ1n) is 24.7. The molecular weight excluding hydrogens is 1010 g/mol. The number of aliphatic carboxylic acids is 1. The lowest BCUT2D eigenvalue weighted by atomic mass is 9.81. The van der Waals surface area contributed by atoms with E-state index in [2.05, 4.69) is 37.2 Å². The molecule has 3 unspecified atom stereocenters. The van der Waals surface area contributed by atoms with E-state index in [4.69, 9.17) is 19.6 Å². The third-order valence-electron chi connectivity index (χ3n) is 13.8. The second kappa shape index (κ2) is 23.5. The van der Waals surface area contributed by atoms with E-state index < -0.39 is 135 Å². The Morgan fingerprint density at radius 3 is 2.26 bits per heavy atom. The van der Waals surface area contributed by atoms with Crippen molar-refractivity contribution in [3.8, 4) is 11.4 Å². The molecule has 3 aliphatic heterocycles. The van der Waals surface area contributed by atoms with E-state index in [1.165, 1.54) is 13.9 Å². The number of nitrogens with zero attached hydrogens (tertiary/aromatic N) is 3. The van der Waals surface area contributed by atoms with E-state index in [0.717, 1.165) is 17.7 Å². The highest BCUT2D eigenvalue weighted by molar-refractivity contribution is 6.23. The van der Waals surface area contributed by atoms with Crippen molar-refractivity contribution in [3.05, 3.63) is 110 Å². The molecule has 77 heavy (non-hydrogen) atoms. The normalized spacial score (nSPS) is 17.0. The average Bonchev–Trinajstić information content (AvgIpc) is 4.07. The lowest BCUT2D eigenvalue weighted by Crippen LogP contribution is -2.56. The van der Waals surface area contributed by atoms with Crippen molar-refractivity contribution in [1.29, 1.82) is 0 Å². The number of fused-ring (bicyclic) bond motifs is 5. The molecule has 2 aromatic carbocycles. The number of pyridine rings is 2. The molecule has 1 aliphatic carbocycles. The number of amides is 8. The number of esters is 1. The Bertz CT molecular complexity index is 3210. The topological polar surface area (TPSA) is 332 Å². The molecule has 0 fully saturated rings. The van der Waals surface area contributed by atoms with Gasteiger partial charge in [0.15, 0.2) is 7.85 Å². The minimum atomic E-state index is -1.50. The van der Waals surface area contributed by atoms with Crippen LogP contribution in [0.2, 0.25) is 0 Å². The lowest BCUT2D eigenvalue weighted by molar-refractivity contribution is -0.148. The van der Waals surface area contributed by atoms with Crippen molar-refractivity contribution in [1.82, 2.24) is 51.7 Å². The summed E-state index contributed by atoms with van der Waals surface area (Å²) in [5.41, 5.74) is 5.13. The number of halogens is 1. The molecule has 8 N–H and O–H groups in total. The summed E-state index contributed by atoms with van der Waals surface area (Å²) in [6.07, 6.45) is 3.05. The third-order valence-corrected chi connectivity index (χ3v) is 13.8. The maximum absolute atomic E-state index is 15.4. The van der Waals surface area contributed by atoms with Crippen LogP contribution >= 0.6 is 0 Å². The van der Waals surface area contributed by atoms with Gasteiger partial charge in [-0.05, 0) is 60.1 Å². The van der Waals surface area contributed by atoms with E-state index in [9.17, 15) is 52.7 Å². The molecule has 0 radical (unpaired) electrons. The minimum absolute atomic E-state index is 0.0267. The molecule has 8 amide bonds. The average molecular weight is 1060 g/mol. The number of hydrogen-bond acceptors (Lipinski definition) is 15. The molecule has 4 aliphatic rings. The quantitative estimate of drug-likeness (QED) is 0.0155. The number of hydrogen-bond donors (Lipinski definition) is 8. The van der Waals surface area contributed by atoms with Crippen LogP contribution in [0.5, 0.6) is 0 Å². The summed E-state index contributed by atoms with van der Waals surface area (Å²) in [5, 5.41) is 27.1. The van der Waals surface area contributed by atoms with E-state index in [0.29, 0.717) is 79.8 Å². The molecule has 26 heteroatoms. The number of carboxylic acid groups (broad SMARTS) is 1. The van der Waals surface area contributed by atoms with Gasteiger partial charge in [-0.2, -0.15) is 0 Å². The van der Waals surface area contributed by atoms with E-state index >= 15 is 4.39 Å². The molecular formula is C51H54BFN10O14. The predicted molar refractivity (Wildman–Crippen MR) is 270 cm³/mol. The zero-order valence-corrected chi connectivity index (χ0v) is 42.0. The molecule has 4 aromatic rings. The highest BCUT2D eigenvalue weighted by atomic mass is 19.1.